The summed E-state index contributed by atoms with van der Waals surface area (Å²) >= 11 is 0. The highest BCUT2D eigenvalue weighted by atomic mass is 16.6. The second kappa shape index (κ2) is 14.3. The first-order chi connectivity index (χ1) is 20.5. The molecule has 12 heteroatoms. The normalized spacial score (nSPS) is 22.8. The highest BCUT2D eigenvalue weighted by molar-refractivity contribution is 5.99. The van der Waals surface area contributed by atoms with Crippen molar-refractivity contribution in [3.63, 3.8) is 0 Å². The zero-order valence-electron chi connectivity index (χ0n) is 25.0. The largest absolute Gasteiger partial charge is 0.386 e. The number of nitrogens with zero attached hydrogens (tertiary/aromatic N) is 1. The fraction of sp³-hybridized carbons (Fsp3) is 0.581. The maximum Gasteiger partial charge on any atom is 0.246 e. The summed E-state index contributed by atoms with van der Waals surface area (Å²) in [6.07, 6.45) is 3.55. The lowest BCUT2D eigenvalue weighted by Crippen LogP contribution is -2.58. The van der Waals surface area contributed by atoms with Gasteiger partial charge in [0.25, 0.3) is 0 Å². The summed E-state index contributed by atoms with van der Waals surface area (Å²) in [6.45, 7) is 7.17. The molecule has 3 amide bonds. The standard InChI is InChI=1S/C31H42N4O8/c1-19(32-25(37)17-35-12-14-42-15-13-35)29(40)34-26(27(38)23-10-8-22(9-11-23)20(2)36)30(41)33-24(16-21-6-4-5-7-21)28(39)31(3)18-43-31/h6,8-11,19,24,26-27,38H,4-5,7,12-18H2,1-3H3,(H,32,37)(H,33,41)(H,34,40)/t19-,24-,26-,27+,31+/m0/s1. The number of carbonyl (C=O) groups is 5. The zero-order chi connectivity index (χ0) is 31.1. The fourth-order valence-electron chi connectivity index (χ4n) is 5.26. The molecule has 2 heterocycles. The second-order valence-electron chi connectivity index (χ2n) is 11.7. The smallest absolute Gasteiger partial charge is 0.246 e. The van der Waals surface area contributed by atoms with E-state index in [1.165, 1.54) is 38.1 Å². The predicted molar refractivity (Wildman–Crippen MR) is 156 cm³/mol. The van der Waals surface area contributed by atoms with E-state index in [0.29, 0.717) is 38.3 Å². The molecule has 1 aromatic carbocycles. The van der Waals surface area contributed by atoms with Gasteiger partial charge >= 0.3 is 0 Å². The number of aliphatic hydroxyl groups excluding tert-OH is 1. The van der Waals surface area contributed by atoms with Crippen molar-refractivity contribution in [1.29, 1.82) is 0 Å². The summed E-state index contributed by atoms with van der Waals surface area (Å²) in [5.41, 5.74) is 0.774. The number of aliphatic hydroxyl groups is 1. The number of epoxide rings is 1. The molecule has 1 aromatic rings. The van der Waals surface area contributed by atoms with Gasteiger partial charge in [0.05, 0.1) is 32.4 Å². The molecule has 0 saturated carbocycles. The first kappa shape index (κ1) is 32.5. The average molecular weight is 599 g/mol. The van der Waals surface area contributed by atoms with E-state index in [-0.39, 0.29) is 36.2 Å². The number of benzene rings is 1. The average Bonchev–Trinajstić information content (AvgIpc) is 3.53. The van der Waals surface area contributed by atoms with Gasteiger partial charge in [-0.3, -0.25) is 28.9 Å². The van der Waals surface area contributed by atoms with Crippen LogP contribution >= 0.6 is 0 Å². The van der Waals surface area contributed by atoms with E-state index < -0.39 is 41.6 Å². The van der Waals surface area contributed by atoms with Crippen molar-refractivity contribution < 1.29 is 38.6 Å². The van der Waals surface area contributed by atoms with Crippen molar-refractivity contribution in [3.8, 4) is 0 Å². The lowest BCUT2D eigenvalue weighted by molar-refractivity contribution is -0.136. The van der Waals surface area contributed by atoms with E-state index in [2.05, 4.69) is 22.0 Å². The van der Waals surface area contributed by atoms with Crippen LogP contribution in [0.15, 0.2) is 35.9 Å². The summed E-state index contributed by atoms with van der Waals surface area (Å²) in [5, 5.41) is 19.3. The molecule has 0 unspecified atom stereocenters. The Morgan fingerprint density at radius 2 is 1.70 bits per heavy atom. The van der Waals surface area contributed by atoms with E-state index in [4.69, 9.17) is 9.47 Å². The molecule has 1 aliphatic carbocycles. The van der Waals surface area contributed by atoms with E-state index in [9.17, 15) is 29.1 Å². The van der Waals surface area contributed by atoms with Gasteiger partial charge < -0.3 is 30.5 Å². The first-order valence-corrected chi connectivity index (χ1v) is 14.8. The third kappa shape index (κ3) is 8.79. The van der Waals surface area contributed by atoms with Crippen LogP contribution in [0, 0.1) is 0 Å². The number of hydrogen-bond acceptors (Lipinski definition) is 9. The Morgan fingerprint density at radius 3 is 2.28 bits per heavy atom. The van der Waals surface area contributed by atoms with E-state index in [1.807, 2.05) is 4.90 Å². The van der Waals surface area contributed by atoms with Crippen LogP contribution in [0.3, 0.4) is 0 Å². The van der Waals surface area contributed by atoms with Crippen molar-refractivity contribution in [2.75, 3.05) is 39.5 Å². The molecule has 4 rings (SSSR count). The molecular formula is C31H42N4O8. The molecule has 2 saturated heterocycles. The number of ether oxygens (including phenoxy) is 2. The minimum atomic E-state index is -1.52. The van der Waals surface area contributed by atoms with Gasteiger partial charge in [-0.2, -0.15) is 0 Å². The molecule has 3 aliphatic rings. The van der Waals surface area contributed by atoms with Crippen LogP contribution in [0.4, 0.5) is 0 Å². The SMILES string of the molecule is CC(=O)c1ccc([C@@H](O)[C@H](NC(=O)[C@H](C)NC(=O)CN2CCOCC2)C(=O)N[C@@H](CC2=CCCC2)C(=O)[C@@]2(C)CO2)cc1. The van der Waals surface area contributed by atoms with Gasteiger partial charge in [-0.25, -0.2) is 0 Å². The Hall–Kier alpha value is -3.45. The van der Waals surface area contributed by atoms with Crippen LogP contribution < -0.4 is 16.0 Å². The molecule has 5 atom stereocenters. The summed E-state index contributed by atoms with van der Waals surface area (Å²) in [7, 11) is 0. The fourth-order valence-corrected chi connectivity index (χ4v) is 5.26. The van der Waals surface area contributed by atoms with Crippen molar-refractivity contribution in [2.24, 2.45) is 0 Å². The van der Waals surface area contributed by atoms with Crippen LogP contribution in [0.25, 0.3) is 0 Å². The number of carbonyl (C=O) groups excluding carboxylic acids is 5. The van der Waals surface area contributed by atoms with Gasteiger partial charge in [0.1, 0.15) is 23.8 Å². The van der Waals surface area contributed by atoms with Crippen molar-refractivity contribution >= 4 is 29.3 Å². The van der Waals surface area contributed by atoms with Gasteiger partial charge in [0.15, 0.2) is 11.6 Å². The number of allylic oxidation sites excluding steroid dienone is 1. The lowest BCUT2D eigenvalue weighted by atomic mass is 9.93. The van der Waals surface area contributed by atoms with Crippen molar-refractivity contribution in [2.45, 2.75) is 76.3 Å². The van der Waals surface area contributed by atoms with E-state index in [1.54, 1.807) is 6.92 Å². The number of rotatable bonds is 14. The quantitative estimate of drug-likeness (QED) is 0.136. The number of amides is 3. The number of ketones is 2. The van der Waals surface area contributed by atoms with Gasteiger partial charge in [-0.05, 0) is 52.0 Å². The third-order valence-electron chi connectivity index (χ3n) is 8.13. The molecule has 43 heavy (non-hydrogen) atoms. The van der Waals surface area contributed by atoms with Crippen LogP contribution in [0.5, 0.6) is 0 Å². The van der Waals surface area contributed by atoms with Gasteiger partial charge in [0.2, 0.25) is 17.7 Å². The van der Waals surface area contributed by atoms with Crippen LogP contribution in [-0.2, 0) is 28.7 Å². The molecule has 234 valence electrons. The summed E-state index contributed by atoms with van der Waals surface area (Å²) in [6, 6.07) is 2.62. The minimum Gasteiger partial charge on any atom is -0.386 e. The molecular weight excluding hydrogens is 556 g/mol. The molecule has 0 spiro atoms. The first-order valence-electron chi connectivity index (χ1n) is 14.8. The van der Waals surface area contributed by atoms with Crippen LogP contribution in [-0.4, -0.2) is 102 Å². The predicted octanol–water partition coefficient (Wildman–Crippen LogP) is 0.588. The Kier molecular flexibility index (Phi) is 10.8. The van der Waals surface area contributed by atoms with Crippen LogP contribution in [0.2, 0.25) is 0 Å². The lowest BCUT2D eigenvalue weighted by Gasteiger charge is -2.29. The third-order valence-corrected chi connectivity index (χ3v) is 8.13. The topological polar surface area (TPSA) is 167 Å². The number of hydrogen-bond donors (Lipinski definition) is 4. The Labute approximate surface area is 251 Å². The van der Waals surface area contributed by atoms with E-state index >= 15 is 0 Å². The summed E-state index contributed by atoms with van der Waals surface area (Å²) in [5.74, 6) is -2.25. The molecule has 2 aliphatic heterocycles. The Morgan fingerprint density at radius 1 is 1.02 bits per heavy atom. The second-order valence-corrected chi connectivity index (χ2v) is 11.7. The minimum absolute atomic E-state index is 0.0937. The van der Waals surface area contributed by atoms with Crippen LogP contribution in [0.1, 0.15) is 68.5 Å². The molecule has 0 bridgehead atoms. The Bertz CT molecular complexity index is 1240. The molecule has 0 aromatic heterocycles. The monoisotopic (exact) mass is 598 g/mol. The van der Waals surface area contributed by atoms with Gasteiger partial charge in [-0.1, -0.05) is 35.9 Å². The number of morpholine rings is 1. The van der Waals surface area contributed by atoms with Gasteiger partial charge in [-0.15, -0.1) is 0 Å². The molecule has 2 fully saturated rings. The maximum atomic E-state index is 13.8. The summed E-state index contributed by atoms with van der Waals surface area (Å²) in [4.78, 5) is 66.6. The van der Waals surface area contributed by atoms with E-state index in [0.717, 1.165) is 24.8 Å². The number of Topliss-reactive ketones (excluding diaryl/α,β-unsaturated/α-hetero) is 2. The van der Waals surface area contributed by atoms with Crippen molar-refractivity contribution in [1.82, 2.24) is 20.9 Å². The van der Waals surface area contributed by atoms with Gasteiger partial charge in [0, 0.05) is 18.7 Å². The molecule has 0 radical (unpaired) electrons. The highest BCUT2D eigenvalue weighted by Gasteiger charge is 2.50. The zero-order valence-corrected chi connectivity index (χ0v) is 25.0. The van der Waals surface area contributed by atoms with Crippen molar-refractivity contribution in [3.05, 3.63) is 47.0 Å². The molecule has 4 N–H and O–H groups in total. The highest BCUT2D eigenvalue weighted by Crippen LogP contribution is 2.31. The molecule has 12 nitrogen and oxygen atoms in total. The number of nitrogens with one attached hydrogen (secondary N) is 3. The summed E-state index contributed by atoms with van der Waals surface area (Å²) < 4.78 is 10.7. The Balaban J connectivity index is 1.50. The maximum absolute atomic E-state index is 13.8.